The van der Waals surface area contributed by atoms with Crippen molar-refractivity contribution in [3.8, 4) is 0 Å². The third-order valence-corrected chi connectivity index (χ3v) is 11.5. The number of fused-ring (bicyclic) bond motifs is 5. The Morgan fingerprint density at radius 2 is 1.89 bits per heavy atom. The van der Waals surface area contributed by atoms with Crippen LogP contribution in [0.4, 0.5) is 0 Å². The van der Waals surface area contributed by atoms with Crippen LogP contribution in [0.1, 0.15) is 72.6 Å². The van der Waals surface area contributed by atoms with Gasteiger partial charge in [0.05, 0.1) is 29.6 Å². The number of aliphatic hydroxyl groups excluding tert-OH is 1. The van der Waals surface area contributed by atoms with Gasteiger partial charge in [-0.3, -0.25) is 9.59 Å². The summed E-state index contributed by atoms with van der Waals surface area (Å²) in [6, 6.07) is 0. The van der Waals surface area contributed by atoms with Crippen LogP contribution in [0.2, 0.25) is 0 Å². The van der Waals surface area contributed by atoms with Crippen LogP contribution in [-0.2, 0) is 14.3 Å². The maximum Gasteiger partial charge on any atom is 0.309 e. The maximum absolute atomic E-state index is 13.1. The van der Waals surface area contributed by atoms with E-state index in [2.05, 4.69) is 6.08 Å². The molecular formula is C28H40O7. The SMILES string of the molecule is C[C@H]1C(=O)OC[C@H]1C[C@@H](O)[C@](C)(O)[C@]1(O)CC[C@@]2(O)[C@@H]3CC=C4CC=CC(=O)[C@]4(C)C3CC[C@]12C. The fraction of sp³-hybridized carbons (Fsp3) is 0.786. The molecule has 194 valence electrons. The highest BCUT2D eigenvalue weighted by Crippen LogP contribution is 2.70. The molecule has 0 spiro atoms. The van der Waals surface area contributed by atoms with Crippen molar-refractivity contribution in [2.75, 3.05) is 6.61 Å². The number of carbonyl (C=O) groups is 2. The van der Waals surface area contributed by atoms with E-state index in [1.54, 1.807) is 13.0 Å². The van der Waals surface area contributed by atoms with E-state index >= 15 is 0 Å². The number of rotatable bonds is 4. The zero-order valence-electron chi connectivity index (χ0n) is 21.3. The molecule has 0 amide bonds. The van der Waals surface area contributed by atoms with Crippen molar-refractivity contribution in [3.63, 3.8) is 0 Å². The van der Waals surface area contributed by atoms with Crippen molar-refractivity contribution in [3.05, 3.63) is 23.8 Å². The van der Waals surface area contributed by atoms with Crippen LogP contribution < -0.4 is 0 Å². The Morgan fingerprint density at radius 3 is 2.54 bits per heavy atom. The number of cyclic esters (lactones) is 1. The van der Waals surface area contributed by atoms with Gasteiger partial charge in [-0.25, -0.2) is 0 Å². The number of aliphatic hydroxyl groups is 4. The first-order valence-corrected chi connectivity index (χ1v) is 13.2. The average Bonchev–Trinajstić information content (AvgIpc) is 3.24. The molecule has 5 aliphatic rings. The van der Waals surface area contributed by atoms with Crippen LogP contribution in [0.15, 0.2) is 23.8 Å². The molecule has 10 atom stereocenters. The highest BCUT2D eigenvalue weighted by Gasteiger charge is 2.76. The van der Waals surface area contributed by atoms with Crippen LogP contribution >= 0.6 is 0 Å². The van der Waals surface area contributed by atoms with Crippen LogP contribution in [0, 0.1) is 34.5 Å². The van der Waals surface area contributed by atoms with Crippen molar-refractivity contribution < 1.29 is 34.8 Å². The van der Waals surface area contributed by atoms with Gasteiger partial charge in [0.1, 0.15) is 11.2 Å². The Morgan fingerprint density at radius 1 is 1.17 bits per heavy atom. The lowest BCUT2D eigenvalue weighted by Gasteiger charge is -2.63. The number of carbonyl (C=O) groups excluding carboxylic acids is 2. The van der Waals surface area contributed by atoms with Crippen LogP contribution in [0.3, 0.4) is 0 Å². The average molecular weight is 489 g/mol. The first kappa shape index (κ1) is 25.1. The number of ketones is 1. The largest absolute Gasteiger partial charge is 0.465 e. The number of allylic oxidation sites excluding steroid dienone is 4. The van der Waals surface area contributed by atoms with E-state index in [9.17, 15) is 30.0 Å². The van der Waals surface area contributed by atoms with Gasteiger partial charge in [0.15, 0.2) is 5.78 Å². The molecule has 7 nitrogen and oxygen atoms in total. The second-order valence-corrected chi connectivity index (χ2v) is 12.6. The summed E-state index contributed by atoms with van der Waals surface area (Å²) in [7, 11) is 0. The number of hydrogen-bond acceptors (Lipinski definition) is 7. The van der Waals surface area contributed by atoms with Crippen LogP contribution in [0.5, 0.6) is 0 Å². The molecule has 0 aromatic carbocycles. The zero-order valence-corrected chi connectivity index (χ0v) is 21.3. The molecule has 7 heteroatoms. The number of hydrogen-bond donors (Lipinski definition) is 4. The highest BCUT2D eigenvalue weighted by atomic mass is 16.5. The van der Waals surface area contributed by atoms with Gasteiger partial charge >= 0.3 is 5.97 Å². The third kappa shape index (κ3) is 2.98. The summed E-state index contributed by atoms with van der Waals surface area (Å²) in [4.78, 5) is 24.9. The molecule has 1 unspecified atom stereocenters. The Labute approximate surface area is 207 Å². The summed E-state index contributed by atoms with van der Waals surface area (Å²) in [5, 5.41) is 47.4. The first-order chi connectivity index (χ1) is 16.2. The molecule has 35 heavy (non-hydrogen) atoms. The molecular weight excluding hydrogens is 448 g/mol. The van der Waals surface area contributed by atoms with Gasteiger partial charge in [0.25, 0.3) is 0 Å². The van der Waals surface area contributed by atoms with Crippen molar-refractivity contribution in [1.82, 2.24) is 0 Å². The second-order valence-electron chi connectivity index (χ2n) is 12.6. The van der Waals surface area contributed by atoms with Gasteiger partial charge < -0.3 is 25.2 Å². The molecule has 1 aliphatic heterocycles. The lowest BCUT2D eigenvalue weighted by Crippen LogP contribution is -2.71. The van der Waals surface area contributed by atoms with Crippen molar-refractivity contribution >= 4 is 11.8 Å². The Hall–Kier alpha value is -1.54. The second kappa shape index (κ2) is 7.73. The molecule has 0 radical (unpaired) electrons. The molecule has 3 fully saturated rings. The Balaban J connectivity index is 1.46. The van der Waals surface area contributed by atoms with E-state index in [1.807, 2.05) is 19.9 Å². The summed E-state index contributed by atoms with van der Waals surface area (Å²) in [5.74, 6) is -1.14. The van der Waals surface area contributed by atoms with E-state index in [1.165, 1.54) is 6.92 Å². The normalized spacial score (nSPS) is 49.4. The Kier molecular flexibility index (Phi) is 5.55. The van der Waals surface area contributed by atoms with E-state index in [0.29, 0.717) is 19.3 Å². The number of esters is 1. The van der Waals surface area contributed by atoms with Gasteiger partial charge in [-0.1, -0.05) is 31.6 Å². The molecule has 4 aliphatic carbocycles. The fourth-order valence-corrected chi connectivity index (χ4v) is 8.68. The molecule has 0 aromatic heterocycles. The molecule has 5 rings (SSSR count). The topological polar surface area (TPSA) is 124 Å². The number of ether oxygens (including phenoxy) is 1. The lowest BCUT2D eigenvalue weighted by molar-refractivity contribution is -0.278. The van der Waals surface area contributed by atoms with Crippen molar-refractivity contribution in [2.24, 2.45) is 34.5 Å². The third-order valence-electron chi connectivity index (χ3n) is 11.5. The first-order valence-electron chi connectivity index (χ1n) is 13.2. The predicted octanol–water partition coefficient (Wildman–Crippen LogP) is 2.45. The van der Waals surface area contributed by atoms with Crippen molar-refractivity contribution in [2.45, 2.75) is 95.5 Å². The molecule has 0 bridgehead atoms. The van der Waals surface area contributed by atoms with E-state index < -0.39 is 33.7 Å². The smallest absolute Gasteiger partial charge is 0.309 e. The van der Waals surface area contributed by atoms with E-state index in [4.69, 9.17) is 4.74 Å². The lowest BCUT2D eigenvalue weighted by atomic mass is 9.44. The van der Waals surface area contributed by atoms with Gasteiger partial charge in [-0.2, -0.15) is 0 Å². The molecule has 4 N–H and O–H groups in total. The van der Waals surface area contributed by atoms with Crippen LogP contribution in [-0.4, -0.2) is 61.7 Å². The summed E-state index contributed by atoms with van der Waals surface area (Å²) in [6.45, 7) is 7.23. The minimum Gasteiger partial charge on any atom is -0.465 e. The minimum atomic E-state index is -1.91. The maximum atomic E-state index is 13.1. The van der Waals surface area contributed by atoms with E-state index in [-0.39, 0.29) is 61.3 Å². The summed E-state index contributed by atoms with van der Waals surface area (Å²) in [5.41, 5.74) is -5.55. The summed E-state index contributed by atoms with van der Waals surface area (Å²) < 4.78 is 5.11. The zero-order chi connectivity index (χ0) is 25.6. The summed E-state index contributed by atoms with van der Waals surface area (Å²) in [6.07, 6.45) is 7.39. The van der Waals surface area contributed by atoms with Gasteiger partial charge in [0, 0.05) is 11.3 Å². The molecule has 0 aromatic rings. The fourth-order valence-electron chi connectivity index (χ4n) is 8.68. The molecule has 1 heterocycles. The van der Waals surface area contributed by atoms with Gasteiger partial charge in [-0.15, -0.1) is 0 Å². The van der Waals surface area contributed by atoms with Gasteiger partial charge in [0.2, 0.25) is 0 Å². The minimum absolute atomic E-state index is 0.0438. The monoisotopic (exact) mass is 488 g/mol. The quantitative estimate of drug-likeness (QED) is 0.354. The standard InChI is InChI=1S/C28H40O7/c1-16-17(15-35-23(16)31)14-22(30)26(4,32)28(34)13-12-27(33)20-9-8-18-6-5-7-21(29)25(18,3)19(20)10-11-24(27,28)2/h5,7-8,16-17,19-20,22,30,32-34H,6,9-15H2,1-4H3/t16-,17-,19?,20-,22-,24+,25+,26+,27-,28+/m1/s1. The summed E-state index contributed by atoms with van der Waals surface area (Å²) >= 11 is 0. The van der Waals surface area contributed by atoms with Gasteiger partial charge in [-0.05, 0) is 76.7 Å². The molecule has 1 saturated heterocycles. The Bertz CT molecular complexity index is 999. The molecule has 2 saturated carbocycles. The highest BCUT2D eigenvalue weighted by molar-refractivity contribution is 5.98. The van der Waals surface area contributed by atoms with E-state index in [0.717, 1.165) is 12.0 Å². The predicted molar refractivity (Wildman–Crippen MR) is 128 cm³/mol. The van der Waals surface area contributed by atoms with Crippen molar-refractivity contribution in [1.29, 1.82) is 0 Å². The van der Waals surface area contributed by atoms with Crippen LogP contribution in [0.25, 0.3) is 0 Å².